The Morgan fingerprint density at radius 3 is 2.00 bits per heavy atom. The highest BCUT2D eigenvalue weighted by Crippen LogP contribution is 2.23. The van der Waals surface area contributed by atoms with E-state index in [0.29, 0.717) is 0 Å². The van der Waals surface area contributed by atoms with Crippen LogP contribution in [0.2, 0.25) is 0 Å². The molecule has 0 saturated carbocycles. The van der Waals surface area contributed by atoms with Gasteiger partial charge in [-0.15, -0.1) is 0 Å². The van der Waals surface area contributed by atoms with E-state index in [1.165, 1.54) is 11.5 Å². The van der Waals surface area contributed by atoms with Crippen LogP contribution >= 0.6 is 11.5 Å². The molecule has 0 N–H and O–H groups in total. The average molecular weight is 361 g/mol. The number of aryl methyl sites for hydroxylation is 2. The molecule has 2 aromatic heterocycles. The Hall–Kier alpha value is -2.00. The number of aromatic nitrogens is 4. The fourth-order valence-electron chi connectivity index (χ4n) is 3.19. The van der Waals surface area contributed by atoms with Crippen molar-refractivity contribution in [3.05, 3.63) is 17.7 Å². The van der Waals surface area contributed by atoms with Crippen LogP contribution in [0.3, 0.4) is 0 Å². The van der Waals surface area contributed by atoms with Gasteiger partial charge in [0.05, 0.1) is 13.2 Å². The number of hydrogen-bond acceptors (Lipinski definition) is 9. The minimum Gasteiger partial charge on any atom is -0.378 e. The van der Waals surface area contributed by atoms with E-state index in [1.54, 1.807) is 0 Å². The molecule has 4 heterocycles. The zero-order chi connectivity index (χ0) is 17.2. The van der Waals surface area contributed by atoms with Crippen LogP contribution in [0.15, 0.2) is 6.07 Å². The maximum absolute atomic E-state index is 5.44. The lowest BCUT2D eigenvalue weighted by atomic mass is 10.3. The van der Waals surface area contributed by atoms with Gasteiger partial charge in [-0.25, -0.2) is 15.0 Å². The van der Waals surface area contributed by atoms with Gasteiger partial charge in [0.2, 0.25) is 5.13 Å². The fourth-order valence-corrected chi connectivity index (χ4v) is 3.92. The second kappa shape index (κ2) is 7.09. The molecular formula is C16H23N7OS. The molecule has 2 aromatic rings. The molecule has 134 valence electrons. The number of ether oxygens (including phenoxy) is 1. The van der Waals surface area contributed by atoms with Crippen LogP contribution in [0, 0.1) is 13.8 Å². The number of anilines is 3. The van der Waals surface area contributed by atoms with E-state index in [4.69, 9.17) is 4.74 Å². The predicted octanol–water partition coefficient (Wildman–Crippen LogP) is 1.11. The van der Waals surface area contributed by atoms with Crippen LogP contribution in [0.25, 0.3) is 0 Å². The lowest BCUT2D eigenvalue weighted by Crippen LogP contribution is -2.47. The van der Waals surface area contributed by atoms with Crippen LogP contribution in [0.5, 0.6) is 0 Å². The molecular weight excluding hydrogens is 338 g/mol. The van der Waals surface area contributed by atoms with Gasteiger partial charge in [-0.3, -0.25) is 0 Å². The van der Waals surface area contributed by atoms with E-state index in [9.17, 15) is 0 Å². The molecule has 0 aromatic carbocycles. The molecule has 2 aliphatic rings. The van der Waals surface area contributed by atoms with E-state index in [2.05, 4.69) is 40.1 Å². The maximum atomic E-state index is 5.44. The summed E-state index contributed by atoms with van der Waals surface area (Å²) in [7, 11) is 0. The van der Waals surface area contributed by atoms with Crippen molar-refractivity contribution < 1.29 is 4.74 Å². The first-order valence-corrected chi connectivity index (χ1v) is 9.45. The monoisotopic (exact) mass is 361 g/mol. The number of nitrogens with zero attached hydrogens (tertiary/aromatic N) is 7. The second-order valence-electron chi connectivity index (χ2n) is 6.33. The number of hydrogen-bond donors (Lipinski definition) is 0. The Kier molecular flexibility index (Phi) is 4.67. The smallest absolute Gasteiger partial charge is 0.205 e. The molecule has 25 heavy (non-hydrogen) atoms. The summed E-state index contributed by atoms with van der Waals surface area (Å²) in [5.41, 5.74) is 0. The lowest BCUT2D eigenvalue weighted by Gasteiger charge is -2.35. The minimum absolute atomic E-state index is 0.762. The fraction of sp³-hybridized carbons (Fsp3) is 0.625. The average Bonchev–Trinajstić information content (AvgIpc) is 3.08. The Morgan fingerprint density at radius 1 is 0.800 bits per heavy atom. The summed E-state index contributed by atoms with van der Waals surface area (Å²) < 4.78 is 9.73. The van der Waals surface area contributed by atoms with Crippen molar-refractivity contribution in [1.82, 2.24) is 19.3 Å². The van der Waals surface area contributed by atoms with Gasteiger partial charge in [0, 0.05) is 56.9 Å². The van der Waals surface area contributed by atoms with Crippen LogP contribution < -0.4 is 14.7 Å². The van der Waals surface area contributed by atoms with Crippen molar-refractivity contribution in [2.24, 2.45) is 0 Å². The molecule has 4 rings (SSSR count). The normalized spacial score (nSPS) is 18.7. The van der Waals surface area contributed by atoms with Crippen molar-refractivity contribution >= 4 is 28.3 Å². The first kappa shape index (κ1) is 16.5. The maximum Gasteiger partial charge on any atom is 0.205 e. The quantitative estimate of drug-likeness (QED) is 0.805. The molecule has 0 bridgehead atoms. The van der Waals surface area contributed by atoms with E-state index in [0.717, 1.165) is 80.9 Å². The summed E-state index contributed by atoms with van der Waals surface area (Å²) in [6, 6.07) is 2.11. The SMILES string of the molecule is Cc1nc(N2CCOCC2)cc(N2CCN(c3nc(C)ns3)CC2)n1. The van der Waals surface area contributed by atoms with Crippen LogP contribution in [-0.4, -0.2) is 71.8 Å². The molecule has 2 fully saturated rings. The van der Waals surface area contributed by atoms with Gasteiger partial charge < -0.3 is 19.4 Å². The lowest BCUT2D eigenvalue weighted by molar-refractivity contribution is 0.122. The molecule has 2 aliphatic heterocycles. The molecule has 0 unspecified atom stereocenters. The zero-order valence-electron chi connectivity index (χ0n) is 14.7. The molecule has 0 aliphatic carbocycles. The summed E-state index contributed by atoms with van der Waals surface area (Å²) >= 11 is 1.48. The van der Waals surface area contributed by atoms with Crippen molar-refractivity contribution in [3.8, 4) is 0 Å². The summed E-state index contributed by atoms with van der Waals surface area (Å²) in [6.07, 6.45) is 0. The van der Waals surface area contributed by atoms with Gasteiger partial charge in [0.15, 0.2) is 0 Å². The minimum atomic E-state index is 0.762. The van der Waals surface area contributed by atoms with E-state index in [-0.39, 0.29) is 0 Å². The Labute approximate surface area is 151 Å². The van der Waals surface area contributed by atoms with Gasteiger partial charge in [-0.1, -0.05) is 0 Å². The summed E-state index contributed by atoms with van der Waals surface area (Å²) in [5.74, 6) is 3.69. The highest BCUT2D eigenvalue weighted by atomic mass is 32.1. The summed E-state index contributed by atoms with van der Waals surface area (Å²) in [5, 5.41) is 1.02. The van der Waals surface area contributed by atoms with E-state index < -0.39 is 0 Å². The standard InChI is InChI=1S/C16H23N7OS/c1-12-17-14(11-15(18-12)22-7-9-24-10-8-22)21-3-5-23(6-4-21)16-19-13(2)20-25-16/h11H,3-10H2,1-2H3. The van der Waals surface area contributed by atoms with Gasteiger partial charge in [0.25, 0.3) is 0 Å². The second-order valence-corrected chi connectivity index (χ2v) is 7.06. The van der Waals surface area contributed by atoms with Crippen molar-refractivity contribution in [1.29, 1.82) is 0 Å². The number of morpholine rings is 1. The molecule has 0 amide bonds. The molecule has 2 saturated heterocycles. The van der Waals surface area contributed by atoms with Crippen molar-refractivity contribution in [2.45, 2.75) is 13.8 Å². The third-order valence-corrected chi connectivity index (χ3v) is 5.41. The zero-order valence-corrected chi connectivity index (χ0v) is 15.5. The largest absolute Gasteiger partial charge is 0.378 e. The van der Waals surface area contributed by atoms with E-state index >= 15 is 0 Å². The van der Waals surface area contributed by atoms with Gasteiger partial charge in [-0.2, -0.15) is 4.37 Å². The van der Waals surface area contributed by atoms with Crippen LogP contribution in [0.4, 0.5) is 16.8 Å². The third-order valence-electron chi connectivity index (χ3n) is 4.54. The topological polar surface area (TPSA) is 70.5 Å². The number of piperazine rings is 1. The first-order valence-electron chi connectivity index (χ1n) is 8.67. The predicted molar refractivity (Wildman–Crippen MR) is 98.9 cm³/mol. The van der Waals surface area contributed by atoms with Crippen molar-refractivity contribution in [3.63, 3.8) is 0 Å². The highest BCUT2D eigenvalue weighted by molar-refractivity contribution is 7.09. The molecule has 8 nitrogen and oxygen atoms in total. The summed E-state index contributed by atoms with van der Waals surface area (Å²) in [4.78, 5) is 20.7. The first-order chi connectivity index (χ1) is 12.2. The molecule has 0 atom stereocenters. The Balaban J connectivity index is 1.46. The molecule has 9 heteroatoms. The molecule has 0 spiro atoms. The Bertz CT molecular complexity index is 723. The highest BCUT2D eigenvalue weighted by Gasteiger charge is 2.22. The van der Waals surface area contributed by atoms with Crippen molar-refractivity contribution in [2.75, 3.05) is 67.2 Å². The van der Waals surface area contributed by atoms with Crippen LogP contribution in [0.1, 0.15) is 11.6 Å². The van der Waals surface area contributed by atoms with Gasteiger partial charge >= 0.3 is 0 Å². The number of rotatable bonds is 3. The van der Waals surface area contributed by atoms with E-state index in [1.807, 2.05) is 13.8 Å². The third kappa shape index (κ3) is 3.67. The Morgan fingerprint density at radius 2 is 1.40 bits per heavy atom. The van der Waals surface area contributed by atoms with Gasteiger partial charge in [-0.05, 0) is 13.8 Å². The molecule has 0 radical (unpaired) electrons. The summed E-state index contributed by atoms with van der Waals surface area (Å²) in [6.45, 7) is 10.9. The van der Waals surface area contributed by atoms with Gasteiger partial charge in [0.1, 0.15) is 23.3 Å². The van der Waals surface area contributed by atoms with Crippen LogP contribution in [-0.2, 0) is 4.74 Å².